The molecule has 27 heavy (non-hydrogen) atoms. The Kier molecular flexibility index (Phi) is 4.10. The number of hydrogen-bond acceptors (Lipinski definition) is 5. The number of aliphatic carboxylic acids is 1. The first kappa shape index (κ1) is 17.1. The van der Waals surface area contributed by atoms with Crippen molar-refractivity contribution >= 4 is 22.6 Å². The first-order valence-electron chi connectivity index (χ1n) is 8.78. The molecule has 3 heterocycles. The van der Waals surface area contributed by atoms with Crippen LogP contribution >= 0.6 is 0 Å². The van der Waals surface area contributed by atoms with Crippen LogP contribution in [0.4, 0.5) is 0 Å². The maximum atomic E-state index is 13.0. The number of carboxylic acids is 1. The highest BCUT2D eigenvalue weighted by molar-refractivity contribution is 5.95. The normalized spacial score (nSPS) is 19.6. The molecule has 2 atom stereocenters. The maximum Gasteiger partial charge on any atom is 0.308 e. The van der Waals surface area contributed by atoms with E-state index in [1.54, 1.807) is 35.8 Å². The highest BCUT2D eigenvalue weighted by atomic mass is 16.4. The molecule has 1 aliphatic heterocycles. The van der Waals surface area contributed by atoms with E-state index in [0.29, 0.717) is 18.7 Å². The van der Waals surface area contributed by atoms with Gasteiger partial charge in [0.1, 0.15) is 0 Å². The molecule has 1 fully saturated rings. The van der Waals surface area contributed by atoms with Gasteiger partial charge in [-0.25, -0.2) is 4.68 Å². The molecule has 0 aliphatic carbocycles. The molecule has 2 aromatic heterocycles. The molecule has 1 saturated heterocycles. The minimum atomic E-state index is -0.873. The van der Waals surface area contributed by atoms with Crippen LogP contribution < -0.4 is 0 Å². The number of likely N-dealkylation sites (tertiary alicyclic amines) is 1. The summed E-state index contributed by atoms with van der Waals surface area (Å²) >= 11 is 0. The average molecular weight is 365 g/mol. The van der Waals surface area contributed by atoms with E-state index in [4.69, 9.17) is 0 Å². The molecular formula is C19H19N5O3. The van der Waals surface area contributed by atoms with Crippen LogP contribution in [0.15, 0.2) is 36.7 Å². The van der Waals surface area contributed by atoms with Gasteiger partial charge in [-0.05, 0) is 32.4 Å². The lowest BCUT2D eigenvalue weighted by molar-refractivity contribution is -0.142. The lowest BCUT2D eigenvalue weighted by Gasteiger charge is -2.22. The Labute approximate surface area is 155 Å². The van der Waals surface area contributed by atoms with E-state index in [1.807, 2.05) is 24.3 Å². The summed E-state index contributed by atoms with van der Waals surface area (Å²) in [5.74, 6) is -1.70. The summed E-state index contributed by atoms with van der Waals surface area (Å²) in [5, 5.41) is 19.5. The van der Waals surface area contributed by atoms with Crippen LogP contribution in [0.2, 0.25) is 0 Å². The highest BCUT2D eigenvalue weighted by Gasteiger charge is 2.39. The summed E-state index contributed by atoms with van der Waals surface area (Å²) in [6.07, 6.45) is 3.93. The van der Waals surface area contributed by atoms with Crippen molar-refractivity contribution in [1.82, 2.24) is 24.9 Å². The Morgan fingerprint density at radius 2 is 2.07 bits per heavy atom. The van der Waals surface area contributed by atoms with Crippen LogP contribution in [0.25, 0.3) is 16.5 Å². The summed E-state index contributed by atoms with van der Waals surface area (Å²) in [5.41, 5.74) is 1.69. The zero-order chi connectivity index (χ0) is 19.1. The average Bonchev–Trinajstić information content (AvgIpc) is 3.23. The summed E-state index contributed by atoms with van der Waals surface area (Å²) in [6, 6.07) is 7.30. The molecule has 0 saturated carbocycles. The molecule has 0 radical (unpaired) electrons. The monoisotopic (exact) mass is 365 g/mol. The standard InChI is InChI=1S/C19H19N5O3/c1-11-14(19(26)27)7-9-23(11)18(25)17-12(2)24(22-21-17)16-5-3-4-13-10-20-8-6-15(13)16/h3-6,8,10-11,14H,7,9H2,1-2H3,(H,26,27). The van der Waals surface area contributed by atoms with Gasteiger partial charge in [-0.15, -0.1) is 5.10 Å². The number of rotatable bonds is 3. The zero-order valence-corrected chi connectivity index (χ0v) is 15.0. The van der Waals surface area contributed by atoms with Crippen molar-refractivity contribution in [3.05, 3.63) is 48.0 Å². The number of fused-ring (bicyclic) bond motifs is 1. The van der Waals surface area contributed by atoms with E-state index in [1.165, 1.54) is 0 Å². The van der Waals surface area contributed by atoms with Gasteiger partial charge in [-0.3, -0.25) is 14.6 Å². The molecule has 1 aliphatic rings. The molecule has 1 aromatic carbocycles. The molecule has 8 nitrogen and oxygen atoms in total. The fourth-order valence-electron chi connectivity index (χ4n) is 3.74. The number of pyridine rings is 1. The highest BCUT2D eigenvalue weighted by Crippen LogP contribution is 2.27. The third-order valence-corrected chi connectivity index (χ3v) is 5.32. The smallest absolute Gasteiger partial charge is 0.308 e. The Hall–Kier alpha value is -3.29. The molecule has 0 bridgehead atoms. The fourth-order valence-corrected chi connectivity index (χ4v) is 3.74. The second-order valence-corrected chi connectivity index (χ2v) is 6.78. The van der Waals surface area contributed by atoms with Crippen LogP contribution in [0.3, 0.4) is 0 Å². The second kappa shape index (κ2) is 6.46. The maximum absolute atomic E-state index is 13.0. The predicted octanol–water partition coefficient (Wildman–Crippen LogP) is 2.06. The Balaban J connectivity index is 1.71. The molecule has 1 N–H and O–H groups in total. The topological polar surface area (TPSA) is 101 Å². The summed E-state index contributed by atoms with van der Waals surface area (Å²) in [6.45, 7) is 3.97. The molecule has 4 rings (SSSR count). The summed E-state index contributed by atoms with van der Waals surface area (Å²) in [4.78, 5) is 30.0. The van der Waals surface area contributed by atoms with Gasteiger partial charge in [0.25, 0.3) is 5.91 Å². The number of amides is 1. The van der Waals surface area contributed by atoms with Crippen LogP contribution in [-0.2, 0) is 4.79 Å². The molecule has 2 unspecified atom stereocenters. The van der Waals surface area contributed by atoms with Crippen molar-refractivity contribution in [3.63, 3.8) is 0 Å². The van der Waals surface area contributed by atoms with Crippen LogP contribution in [0.5, 0.6) is 0 Å². The molecular weight excluding hydrogens is 346 g/mol. The molecule has 1 amide bonds. The third kappa shape index (κ3) is 2.73. The SMILES string of the molecule is Cc1c(C(=O)N2CCC(C(=O)O)C2C)nnn1-c1cccc2cnccc12. The second-order valence-electron chi connectivity index (χ2n) is 6.78. The van der Waals surface area contributed by atoms with E-state index >= 15 is 0 Å². The van der Waals surface area contributed by atoms with Crippen molar-refractivity contribution < 1.29 is 14.7 Å². The number of aromatic nitrogens is 4. The zero-order valence-electron chi connectivity index (χ0n) is 15.0. The van der Waals surface area contributed by atoms with E-state index < -0.39 is 11.9 Å². The largest absolute Gasteiger partial charge is 0.481 e. The minimum Gasteiger partial charge on any atom is -0.481 e. The van der Waals surface area contributed by atoms with Crippen LogP contribution in [0.1, 0.15) is 29.5 Å². The van der Waals surface area contributed by atoms with Gasteiger partial charge in [0, 0.05) is 35.8 Å². The van der Waals surface area contributed by atoms with Gasteiger partial charge in [-0.1, -0.05) is 17.3 Å². The van der Waals surface area contributed by atoms with Gasteiger partial charge in [0.05, 0.1) is 17.3 Å². The number of carboxylic acid groups (broad SMARTS) is 1. The minimum absolute atomic E-state index is 0.249. The first-order chi connectivity index (χ1) is 13.0. The Bertz CT molecular complexity index is 1040. The van der Waals surface area contributed by atoms with E-state index in [0.717, 1.165) is 16.5 Å². The van der Waals surface area contributed by atoms with Gasteiger partial charge in [-0.2, -0.15) is 0 Å². The summed E-state index contributed by atoms with van der Waals surface area (Å²) < 4.78 is 1.64. The third-order valence-electron chi connectivity index (χ3n) is 5.32. The lowest BCUT2D eigenvalue weighted by atomic mass is 10.0. The van der Waals surface area contributed by atoms with E-state index in [-0.39, 0.29) is 17.6 Å². The number of hydrogen-bond donors (Lipinski definition) is 1. The lowest BCUT2D eigenvalue weighted by Crippen LogP contribution is -2.38. The number of carbonyl (C=O) groups excluding carboxylic acids is 1. The van der Waals surface area contributed by atoms with Gasteiger partial charge in [0.2, 0.25) is 0 Å². The van der Waals surface area contributed by atoms with Crippen LogP contribution in [-0.4, -0.2) is 54.4 Å². The van der Waals surface area contributed by atoms with Gasteiger partial charge < -0.3 is 10.0 Å². The van der Waals surface area contributed by atoms with Gasteiger partial charge >= 0.3 is 5.97 Å². The van der Waals surface area contributed by atoms with Gasteiger partial charge in [0.15, 0.2) is 5.69 Å². The molecule has 3 aromatic rings. The quantitative estimate of drug-likeness (QED) is 0.762. The van der Waals surface area contributed by atoms with E-state index in [2.05, 4.69) is 15.3 Å². The van der Waals surface area contributed by atoms with Crippen molar-refractivity contribution in [1.29, 1.82) is 0 Å². The van der Waals surface area contributed by atoms with Crippen molar-refractivity contribution in [2.24, 2.45) is 5.92 Å². The number of benzene rings is 1. The fraction of sp³-hybridized carbons (Fsp3) is 0.316. The molecule has 0 spiro atoms. The number of carbonyl (C=O) groups is 2. The Morgan fingerprint density at radius 1 is 1.26 bits per heavy atom. The molecule has 8 heteroatoms. The van der Waals surface area contributed by atoms with E-state index in [9.17, 15) is 14.7 Å². The Morgan fingerprint density at radius 3 is 2.81 bits per heavy atom. The van der Waals surface area contributed by atoms with Crippen molar-refractivity contribution in [2.45, 2.75) is 26.3 Å². The summed E-state index contributed by atoms with van der Waals surface area (Å²) in [7, 11) is 0. The molecule has 138 valence electrons. The number of nitrogens with zero attached hydrogens (tertiary/aromatic N) is 5. The van der Waals surface area contributed by atoms with Crippen LogP contribution in [0, 0.1) is 12.8 Å². The predicted molar refractivity (Wildman–Crippen MR) is 97.6 cm³/mol. The van der Waals surface area contributed by atoms with Crippen molar-refractivity contribution in [2.75, 3.05) is 6.54 Å². The first-order valence-corrected chi connectivity index (χ1v) is 8.78. The van der Waals surface area contributed by atoms with Crippen molar-refractivity contribution in [3.8, 4) is 5.69 Å².